The highest BCUT2D eigenvalue weighted by molar-refractivity contribution is 7.17. The molecule has 0 unspecified atom stereocenters. The molecule has 5 rings (SSSR count). The number of nitrogens with zero attached hydrogens (tertiary/aromatic N) is 3. The first-order chi connectivity index (χ1) is 12.8. The van der Waals surface area contributed by atoms with E-state index in [1.54, 1.807) is 12.3 Å². The van der Waals surface area contributed by atoms with E-state index in [-0.39, 0.29) is 11.9 Å². The average molecular weight is 367 g/mol. The lowest BCUT2D eigenvalue weighted by Crippen LogP contribution is -3.10. The first-order valence-electron chi connectivity index (χ1n) is 8.83. The average Bonchev–Trinajstić information content (AvgIpc) is 3.43. The minimum atomic E-state index is 0.110. The second kappa shape index (κ2) is 6.26. The number of furan rings is 1. The number of rotatable bonds is 4. The largest absolute Gasteiger partial charge is 0.492 e. The highest BCUT2D eigenvalue weighted by Gasteiger charge is 2.34. The molecule has 1 aliphatic rings. The molecule has 4 aromatic rings. The van der Waals surface area contributed by atoms with Gasteiger partial charge in [0.2, 0.25) is 16.7 Å². The summed E-state index contributed by atoms with van der Waals surface area (Å²) in [6, 6.07) is 14.1. The van der Waals surface area contributed by atoms with E-state index in [0.717, 1.165) is 18.0 Å². The lowest BCUT2D eigenvalue weighted by atomic mass is 10.0. The Morgan fingerprint density at radius 1 is 1.12 bits per heavy atom. The normalized spacial score (nSPS) is 16.5. The van der Waals surface area contributed by atoms with Gasteiger partial charge in [0.25, 0.3) is 0 Å². The summed E-state index contributed by atoms with van der Waals surface area (Å²) in [6.07, 6.45) is 4.05. The zero-order chi connectivity index (χ0) is 17.5. The maximum Gasteiger partial charge on any atom is 0.235 e. The third kappa shape index (κ3) is 2.51. The van der Waals surface area contributed by atoms with Gasteiger partial charge >= 0.3 is 0 Å². The molecule has 26 heavy (non-hydrogen) atoms. The number of hydrogen-bond donors (Lipinski definition) is 2. The summed E-state index contributed by atoms with van der Waals surface area (Å²) >= 11 is 1.51. The molecule has 2 N–H and O–H groups in total. The van der Waals surface area contributed by atoms with Gasteiger partial charge in [-0.05, 0) is 12.1 Å². The summed E-state index contributed by atoms with van der Waals surface area (Å²) in [4.78, 5) is 7.64. The monoisotopic (exact) mass is 367 g/mol. The van der Waals surface area contributed by atoms with E-state index in [1.165, 1.54) is 39.2 Å². The molecule has 0 aliphatic carbocycles. The molecule has 7 heteroatoms. The SMILES string of the molecule is Oc1c([C@@H](c2ccccc2)[NH+]2CCCC2)sc2nc(-c3ccco3)nn12. The summed E-state index contributed by atoms with van der Waals surface area (Å²) in [5.41, 5.74) is 1.22. The molecule has 1 aromatic carbocycles. The van der Waals surface area contributed by atoms with E-state index in [4.69, 9.17) is 4.42 Å². The zero-order valence-corrected chi connectivity index (χ0v) is 14.9. The third-order valence-electron chi connectivity index (χ3n) is 4.99. The van der Waals surface area contributed by atoms with E-state index in [2.05, 4.69) is 34.3 Å². The maximum atomic E-state index is 10.9. The predicted octanol–water partition coefficient (Wildman–Crippen LogP) is 2.52. The Labute approximate surface area is 154 Å². The molecule has 0 radical (unpaired) electrons. The number of hydrogen-bond acceptors (Lipinski definition) is 5. The highest BCUT2D eigenvalue weighted by atomic mass is 32.1. The molecule has 3 aromatic heterocycles. The van der Waals surface area contributed by atoms with E-state index in [0.29, 0.717) is 16.5 Å². The van der Waals surface area contributed by atoms with E-state index >= 15 is 0 Å². The first-order valence-corrected chi connectivity index (χ1v) is 9.65. The summed E-state index contributed by atoms with van der Waals surface area (Å²) in [5, 5.41) is 15.4. The Morgan fingerprint density at radius 3 is 2.62 bits per heavy atom. The number of nitrogens with one attached hydrogen (secondary N) is 1. The molecule has 132 valence electrons. The Hall–Kier alpha value is -2.64. The van der Waals surface area contributed by atoms with Crippen molar-refractivity contribution in [2.45, 2.75) is 18.9 Å². The molecule has 0 bridgehead atoms. The van der Waals surface area contributed by atoms with E-state index < -0.39 is 0 Å². The summed E-state index contributed by atoms with van der Waals surface area (Å²) < 4.78 is 6.90. The molecule has 4 heterocycles. The van der Waals surface area contributed by atoms with Crippen LogP contribution in [0.4, 0.5) is 0 Å². The predicted molar refractivity (Wildman–Crippen MR) is 98.4 cm³/mol. The van der Waals surface area contributed by atoms with Crippen molar-refractivity contribution in [3.63, 3.8) is 0 Å². The van der Waals surface area contributed by atoms with Crippen molar-refractivity contribution in [1.82, 2.24) is 14.6 Å². The van der Waals surface area contributed by atoms with Gasteiger partial charge in [-0.15, -0.1) is 5.10 Å². The van der Waals surface area contributed by atoms with Gasteiger partial charge in [0.15, 0.2) is 11.8 Å². The van der Waals surface area contributed by atoms with Gasteiger partial charge in [-0.2, -0.15) is 9.50 Å². The second-order valence-corrected chi connectivity index (χ2v) is 7.62. The fraction of sp³-hybridized carbons (Fsp3) is 0.263. The number of thiazole rings is 1. The van der Waals surface area contributed by atoms with Crippen LogP contribution in [0.3, 0.4) is 0 Å². The van der Waals surface area contributed by atoms with Crippen molar-refractivity contribution in [3.8, 4) is 17.5 Å². The highest BCUT2D eigenvalue weighted by Crippen LogP contribution is 2.36. The fourth-order valence-corrected chi connectivity index (χ4v) is 4.93. The van der Waals surface area contributed by atoms with Crippen LogP contribution in [0.15, 0.2) is 53.1 Å². The summed E-state index contributed by atoms with van der Waals surface area (Å²) in [5.74, 6) is 1.28. The quantitative estimate of drug-likeness (QED) is 0.582. The topological polar surface area (TPSA) is 68.0 Å². The number of fused-ring (bicyclic) bond motifs is 1. The molecular formula is C19H19N4O2S+. The van der Waals surface area contributed by atoms with E-state index in [9.17, 15) is 5.11 Å². The number of benzene rings is 1. The molecule has 1 saturated heterocycles. The van der Waals surface area contributed by atoms with Crippen LogP contribution in [0.2, 0.25) is 0 Å². The van der Waals surface area contributed by atoms with Crippen molar-refractivity contribution < 1.29 is 14.4 Å². The lowest BCUT2D eigenvalue weighted by molar-refractivity contribution is -0.913. The van der Waals surface area contributed by atoms with E-state index in [1.807, 2.05) is 12.1 Å². The van der Waals surface area contributed by atoms with Gasteiger partial charge in [-0.3, -0.25) is 0 Å². The van der Waals surface area contributed by atoms with Gasteiger partial charge in [-0.25, -0.2) is 0 Å². The minimum Gasteiger partial charge on any atom is -0.492 e. The number of quaternary nitrogens is 1. The van der Waals surface area contributed by atoms with Crippen molar-refractivity contribution in [2.75, 3.05) is 13.1 Å². The van der Waals surface area contributed by atoms with Gasteiger partial charge in [0.05, 0.1) is 19.4 Å². The van der Waals surface area contributed by atoms with Crippen LogP contribution in [0.5, 0.6) is 5.88 Å². The summed E-state index contributed by atoms with van der Waals surface area (Å²) in [6.45, 7) is 2.23. The van der Waals surface area contributed by atoms with Crippen LogP contribution in [0, 0.1) is 0 Å². The van der Waals surface area contributed by atoms with Crippen LogP contribution in [0.25, 0.3) is 16.5 Å². The Morgan fingerprint density at radius 2 is 1.92 bits per heavy atom. The van der Waals surface area contributed by atoms with Gasteiger partial charge in [0.1, 0.15) is 4.88 Å². The Balaban J connectivity index is 1.61. The third-order valence-corrected chi connectivity index (χ3v) is 6.08. The minimum absolute atomic E-state index is 0.110. The second-order valence-electron chi connectivity index (χ2n) is 6.61. The van der Waals surface area contributed by atoms with Crippen LogP contribution in [-0.2, 0) is 0 Å². The number of aromatic hydroxyl groups is 1. The van der Waals surface area contributed by atoms with Crippen molar-refractivity contribution in [2.24, 2.45) is 0 Å². The van der Waals surface area contributed by atoms with Crippen LogP contribution in [-0.4, -0.2) is 32.8 Å². The molecule has 1 atom stereocenters. The van der Waals surface area contributed by atoms with Crippen molar-refractivity contribution >= 4 is 16.3 Å². The zero-order valence-electron chi connectivity index (χ0n) is 14.1. The molecule has 1 fully saturated rings. The van der Waals surface area contributed by atoms with Crippen molar-refractivity contribution in [3.05, 3.63) is 59.2 Å². The smallest absolute Gasteiger partial charge is 0.235 e. The fourth-order valence-electron chi connectivity index (χ4n) is 3.78. The summed E-state index contributed by atoms with van der Waals surface area (Å²) in [7, 11) is 0. The molecule has 1 aliphatic heterocycles. The molecular weight excluding hydrogens is 348 g/mol. The molecule has 0 saturated carbocycles. The lowest BCUT2D eigenvalue weighted by Gasteiger charge is -2.23. The van der Waals surface area contributed by atoms with Gasteiger partial charge in [-0.1, -0.05) is 41.7 Å². The van der Waals surface area contributed by atoms with Crippen LogP contribution < -0.4 is 4.90 Å². The standard InChI is InChI=1S/C19H18N4O2S/c24-18-16(15(22-10-4-5-11-22)13-7-2-1-3-8-13)26-19-20-17(21-23(18)19)14-9-6-12-25-14/h1-3,6-9,12,15,24H,4-5,10-11H2/p+1/t15-/m1/s1. The maximum absolute atomic E-state index is 10.9. The first kappa shape index (κ1) is 15.6. The van der Waals surface area contributed by atoms with Crippen LogP contribution >= 0.6 is 11.3 Å². The van der Waals surface area contributed by atoms with Crippen LogP contribution in [0.1, 0.15) is 29.3 Å². The van der Waals surface area contributed by atoms with Gasteiger partial charge in [0, 0.05) is 18.4 Å². The van der Waals surface area contributed by atoms with Gasteiger partial charge < -0.3 is 14.4 Å². The number of likely N-dealkylation sites (tertiary alicyclic amines) is 1. The Bertz CT molecular complexity index is 1020. The number of aromatic nitrogens is 3. The molecule has 6 nitrogen and oxygen atoms in total. The molecule has 0 amide bonds. The Kier molecular flexibility index (Phi) is 3.76. The van der Waals surface area contributed by atoms with Crippen molar-refractivity contribution in [1.29, 1.82) is 0 Å². The molecule has 0 spiro atoms.